The van der Waals surface area contributed by atoms with Crippen LogP contribution in [-0.4, -0.2) is 30.9 Å². The molecule has 0 bridgehead atoms. The van der Waals surface area contributed by atoms with Crippen molar-refractivity contribution in [3.8, 4) is 0 Å². The van der Waals surface area contributed by atoms with E-state index in [-0.39, 0.29) is 0 Å². The summed E-state index contributed by atoms with van der Waals surface area (Å²) < 4.78 is 5.35. The summed E-state index contributed by atoms with van der Waals surface area (Å²) in [7, 11) is 3.36. The van der Waals surface area contributed by atoms with Crippen LogP contribution < -0.4 is 0 Å². The van der Waals surface area contributed by atoms with Gasteiger partial charge in [-0.3, -0.25) is 4.90 Å². The summed E-state index contributed by atoms with van der Waals surface area (Å²) in [6.07, 6.45) is 4.23. The lowest BCUT2D eigenvalue weighted by atomic mass is 9.95. The van der Waals surface area contributed by atoms with Crippen LogP contribution in [0.3, 0.4) is 0 Å². The molecule has 1 aliphatic heterocycles. The third-order valence-corrected chi connectivity index (χ3v) is 3.34. The fourth-order valence-corrected chi connectivity index (χ4v) is 2.21. The molecule has 1 aliphatic rings. The van der Waals surface area contributed by atoms with Crippen LogP contribution in [0.2, 0.25) is 0 Å². The van der Waals surface area contributed by atoms with E-state index in [4.69, 9.17) is 4.52 Å². The van der Waals surface area contributed by atoms with Crippen LogP contribution in [0, 0.1) is 5.92 Å². The van der Waals surface area contributed by atoms with E-state index in [9.17, 15) is 0 Å². The lowest BCUT2D eigenvalue weighted by Crippen LogP contribution is -2.34. The molecule has 4 heteroatoms. The smallest absolute Gasteiger partial charge is 0.0860 e. The molecule has 1 saturated heterocycles. The summed E-state index contributed by atoms with van der Waals surface area (Å²) in [6.45, 7) is 6.68. The molecule has 1 rings (SSSR count). The van der Waals surface area contributed by atoms with Crippen molar-refractivity contribution in [1.82, 2.24) is 4.90 Å². The summed E-state index contributed by atoms with van der Waals surface area (Å²) in [4.78, 5) is 2.46. The zero-order chi connectivity index (χ0) is 9.68. The Labute approximate surface area is 85.2 Å². The first-order valence-corrected chi connectivity index (χ1v) is 6.94. The van der Waals surface area contributed by atoms with Gasteiger partial charge in [0.25, 0.3) is 0 Å². The fraction of sp³-hybridized carbons (Fsp3) is 0.778. The molecule has 2 nitrogen and oxygen atoms in total. The van der Waals surface area contributed by atoms with Crippen molar-refractivity contribution in [2.45, 2.75) is 13.3 Å². The van der Waals surface area contributed by atoms with E-state index in [1.54, 1.807) is 0 Å². The number of hydrogen-bond donors (Lipinski definition) is 0. The average Bonchev–Trinajstić information content (AvgIpc) is 2.16. The van der Waals surface area contributed by atoms with E-state index < -0.39 is 0 Å². The second-order valence-corrected chi connectivity index (χ2v) is 4.43. The largest absolute Gasteiger partial charge is 0.485 e. The number of likely N-dealkylation sites (tertiary alicyclic amines) is 1. The number of nitrogens with zero attached hydrogens (tertiary/aromatic N) is 1. The monoisotopic (exact) mass is 219 g/mol. The van der Waals surface area contributed by atoms with Crippen LogP contribution in [0.5, 0.6) is 0 Å². The maximum absolute atomic E-state index is 5.35. The Morgan fingerprint density at radius 1 is 1.77 bits per heavy atom. The summed E-state index contributed by atoms with van der Waals surface area (Å²) in [5, 5.41) is 0. The van der Waals surface area contributed by atoms with Gasteiger partial charge in [-0.05, 0) is 24.6 Å². The SMILES string of the molecule is CPO/C=C1/CCN(CP)CC1C. The highest BCUT2D eigenvalue weighted by molar-refractivity contribution is 7.31. The molecule has 0 amide bonds. The Hall–Kier alpha value is 0.360. The van der Waals surface area contributed by atoms with E-state index in [0.717, 1.165) is 6.29 Å². The Balaban J connectivity index is 2.43. The van der Waals surface area contributed by atoms with E-state index >= 15 is 0 Å². The quantitative estimate of drug-likeness (QED) is 0.533. The van der Waals surface area contributed by atoms with Crippen molar-refractivity contribution in [3.63, 3.8) is 0 Å². The minimum atomic E-state index is 0.572. The standard InChI is InChI=1S/C9H19NOP2/c1-8-5-10(7-12)4-3-9(8)6-11-13-2/h6,8,13H,3-5,7,12H2,1-2H3/b9-6-. The molecule has 0 spiro atoms. The van der Waals surface area contributed by atoms with E-state index in [1.165, 1.54) is 25.1 Å². The highest BCUT2D eigenvalue weighted by atomic mass is 31.1. The Kier molecular flexibility index (Phi) is 5.24. The molecular formula is C9H19NOP2. The van der Waals surface area contributed by atoms with Gasteiger partial charge in [-0.2, -0.15) is 0 Å². The molecule has 0 radical (unpaired) electrons. The Morgan fingerprint density at radius 2 is 2.54 bits per heavy atom. The van der Waals surface area contributed by atoms with Crippen molar-refractivity contribution in [2.75, 3.05) is 26.0 Å². The molecule has 3 unspecified atom stereocenters. The van der Waals surface area contributed by atoms with Crippen LogP contribution in [0.25, 0.3) is 0 Å². The van der Waals surface area contributed by atoms with Gasteiger partial charge in [0.05, 0.1) is 15.1 Å². The molecule has 0 aliphatic carbocycles. The molecule has 3 atom stereocenters. The molecule has 0 saturated carbocycles. The maximum atomic E-state index is 5.35. The van der Waals surface area contributed by atoms with E-state index in [2.05, 4.69) is 27.7 Å². The van der Waals surface area contributed by atoms with Gasteiger partial charge in [-0.15, -0.1) is 9.24 Å². The van der Waals surface area contributed by atoms with Gasteiger partial charge in [0, 0.05) is 19.4 Å². The van der Waals surface area contributed by atoms with Crippen molar-refractivity contribution < 1.29 is 4.52 Å². The normalized spacial score (nSPS) is 28.8. The van der Waals surface area contributed by atoms with Crippen LogP contribution in [0.15, 0.2) is 11.8 Å². The zero-order valence-electron chi connectivity index (χ0n) is 8.42. The second kappa shape index (κ2) is 5.96. The van der Waals surface area contributed by atoms with Crippen LogP contribution in [0.1, 0.15) is 13.3 Å². The average molecular weight is 219 g/mol. The molecule has 13 heavy (non-hydrogen) atoms. The molecule has 0 aromatic heterocycles. The summed E-state index contributed by atoms with van der Waals surface area (Å²) in [5.41, 5.74) is 1.48. The van der Waals surface area contributed by atoms with Gasteiger partial charge in [0.2, 0.25) is 0 Å². The van der Waals surface area contributed by atoms with Gasteiger partial charge in [-0.1, -0.05) is 6.92 Å². The summed E-state index contributed by atoms with van der Waals surface area (Å²) >= 11 is 0. The minimum Gasteiger partial charge on any atom is -0.485 e. The lowest BCUT2D eigenvalue weighted by Gasteiger charge is -2.31. The van der Waals surface area contributed by atoms with Crippen LogP contribution >= 0.6 is 18.0 Å². The first-order valence-electron chi connectivity index (χ1n) is 4.71. The molecule has 0 aromatic carbocycles. The highest BCUT2D eigenvalue weighted by Crippen LogP contribution is 2.24. The molecular weight excluding hydrogens is 200 g/mol. The fourth-order valence-electron chi connectivity index (χ4n) is 1.60. The number of hydrogen-bond acceptors (Lipinski definition) is 2. The van der Waals surface area contributed by atoms with Crippen molar-refractivity contribution in [3.05, 3.63) is 11.8 Å². The maximum Gasteiger partial charge on any atom is 0.0860 e. The van der Waals surface area contributed by atoms with Gasteiger partial charge < -0.3 is 4.52 Å². The Morgan fingerprint density at radius 3 is 3.08 bits per heavy atom. The highest BCUT2D eigenvalue weighted by Gasteiger charge is 2.19. The summed E-state index contributed by atoms with van der Waals surface area (Å²) in [5.74, 6) is 0.658. The predicted octanol–water partition coefficient (Wildman–Crippen LogP) is 2.28. The molecule has 1 fully saturated rings. The predicted molar refractivity (Wildman–Crippen MR) is 63.3 cm³/mol. The van der Waals surface area contributed by atoms with Gasteiger partial charge in [0.1, 0.15) is 0 Å². The number of piperidine rings is 1. The Bertz CT molecular complexity index is 184. The number of rotatable bonds is 3. The van der Waals surface area contributed by atoms with E-state index in [0.29, 0.717) is 14.7 Å². The topological polar surface area (TPSA) is 12.5 Å². The third kappa shape index (κ3) is 3.54. The second-order valence-electron chi connectivity index (χ2n) is 3.43. The lowest BCUT2D eigenvalue weighted by molar-refractivity contribution is 0.253. The molecule has 76 valence electrons. The van der Waals surface area contributed by atoms with Gasteiger partial charge in [-0.25, -0.2) is 0 Å². The zero-order valence-corrected chi connectivity index (χ0v) is 10.6. The van der Waals surface area contributed by atoms with Crippen molar-refractivity contribution in [2.24, 2.45) is 5.92 Å². The minimum absolute atomic E-state index is 0.572. The first kappa shape index (κ1) is 11.4. The van der Waals surface area contributed by atoms with Crippen molar-refractivity contribution in [1.29, 1.82) is 0 Å². The molecule has 1 heterocycles. The van der Waals surface area contributed by atoms with E-state index in [1.807, 2.05) is 6.26 Å². The van der Waals surface area contributed by atoms with Crippen LogP contribution in [-0.2, 0) is 4.52 Å². The van der Waals surface area contributed by atoms with Crippen LogP contribution in [0.4, 0.5) is 0 Å². The first-order chi connectivity index (χ1) is 6.27. The summed E-state index contributed by atoms with van der Waals surface area (Å²) in [6, 6.07) is 0. The van der Waals surface area contributed by atoms with Gasteiger partial charge in [0.15, 0.2) is 0 Å². The third-order valence-electron chi connectivity index (χ3n) is 2.47. The molecule has 0 aromatic rings. The van der Waals surface area contributed by atoms with Crippen molar-refractivity contribution >= 4 is 18.0 Å². The van der Waals surface area contributed by atoms with Gasteiger partial charge >= 0.3 is 0 Å². The molecule has 0 N–H and O–H groups in total.